The van der Waals surface area contributed by atoms with Gasteiger partial charge in [-0.15, -0.1) is 11.8 Å². The van der Waals surface area contributed by atoms with E-state index >= 15 is 0 Å². The Labute approximate surface area is 150 Å². The van der Waals surface area contributed by atoms with E-state index in [-0.39, 0.29) is 17.7 Å². The molecular weight excluding hydrogens is 344 g/mol. The normalized spacial score (nSPS) is 13.4. The van der Waals surface area contributed by atoms with Crippen molar-refractivity contribution in [2.75, 3.05) is 16.4 Å². The Morgan fingerprint density at radius 3 is 2.50 bits per heavy atom. The third-order valence-electron chi connectivity index (χ3n) is 3.55. The van der Waals surface area contributed by atoms with E-state index in [1.807, 2.05) is 24.3 Å². The monoisotopic (exact) mass is 360 g/mol. The van der Waals surface area contributed by atoms with Crippen LogP contribution < -0.4 is 10.6 Å². The molecule has 124 valence electrons. The molecule has 6 heteroatoms. The van der Waals surface area contributed by atoms with Gasteiger partial charge in [-0.3, -0.25) is 9.59 Å². The molecule has 0 heterocycles. The number of benzene rings is 2. The van der Waals surface area contributed by atoms with Crippen LogP contribution in [0.4, 0.5) is 11.4 Å². The second-order valence-corrected chi connectivity index (χ2v) is 7.12. The van der Waals surface area contributed by atoms with Crippen molar-refractivity contribution in [1.82, 2.24) is 0 Å². The predicted molar refractivity (Wildman–Crippen MR) is 98.6 cm³/mol. The fourth-order valence-corrected chi connectivity index (χ4v) is 3.01. The zero-order chi connectivity index (χ0) is 16.9. The van der Waals surface area contributed by atoms with Crippen LogP contribution in [0.2, 0.25) is 5.02 Å². The second kappa shape index (κ2) is 7.73. The van der Waals surface area contributed by atoms with Gasteiger partial charge in [-0.1, -0.05) is 17.7 Å². The lowest BCUT2D eigenvalue weighted by Crippen LogP contribution is -2.14. The number of thioether (sulfide) groups is 1. The first-order valence-corrected chi connectivity index (χ1v) is 9.06. The van der Waals surface area contributed by atoms with Gasteiger partial charge in [-0.25, -0.2) is 0 Å². The number of anilines is 2. The van der Waals surface area contributed by atoms with Gasteiger partial charge in [0.05, 0.1) is 5.75 Å². The largest absolute Gasteiger partial charge is 0.326 e. The van der Waals surface area contributed by atoms with E-state index in [2.05, 4.69) is 10.6 Å². The Kier molecular flexibility index (Phi) is 5.43. The lowest BCUT2D eigenvalue weighted by atomic mass is 10.3. The summed E-state index contributed by atoms with van der Waals surface area (Å²) in [7, 11) is 0. The predicted octanol–water partition coefficient (Wildman–Crippen LogP) is 4.42. The molecule has 0 spiro atoms. The van der Waals surface area contributed by atoms with Crippen LogP contribution in [0.5, 0.6) is 0 Å². The number of rotatable bonds is 6. The van der Waals surface area contributed by atoms with Gasteiger partial charge in [0.25, 0.3) is 0 Å². The molecule has 0 saturated heterocycles. The van der Waals surface area contributed by atoms with Crippen molar-refractivity contribution in [1.29, 1.82) is 0 Å². The minimum Gasteiger partial charge on any atom is -0.326 e. The van der Waals surface area contributed by atoms with Gasteiger partial charge in [0, 0.05) is 27.2 Å². The summed E-state index contributed by atoms with van der Waals surface area (Å²) in [5, 5.41) is 6.36. The summed E-state index contributed by atoms with van der Waals surface area (Å²) >= 11 is 7.24. The summed E-state index contributed by atoms with van der Waals surface area (Å²) in [6.07, 6.45) is 1.95. The van der Waals surface area contributed by atoms with Gasteiger partial charge >= 0.3 is 0 Å². The summed E-state index contributed by atoms with van der Waals surface area (Å²) in [4.78, 5) is 24.7. The van der Waals surface area contributed by atoms with Crippen molar-refractivity contribution >= 4 is 46.6 Å². The minimum absolute atomic E-state index is 0.0811. The quantitative estimate of drug-likeness (QED) is 0.750. The molecule has 3 rings (SSSR count). The highest BCUT2D eigenvalue weighted by Crippen LogP contribution is 2.30. The van der Waals surface area contributed by atoms with E-state index in [9.17, 15) is 9.59 Å². The standard InChI is InChI=1S/C18H17ClN2O2S/c19-13-6-8-14(9-7-13)20-17(22)11-24-16-3-1-2-15(10-16)21-18(23)12-4-5-12/h1-3,6-10,12H,4-5,11H2,(H,20,22)(H,21,23). The van der Waals surface area contributed by atoms with E-state index in [1.165, 1.54) is 11.8 Å². The molecule has 2 amide bonds. The number of hydrogen-bond donors (Lipinski definition) is 2. The van der Waals surface area contributed by atoms with Gasteiger partial charge in [-0.2, -0.15) is 0 Å². The van der Waals surface area contributed by atoms with Crippen molar-refractivity contribution in [2.24, 2.45) is 5.92 Å². The molecule has 24 heavy (non-hydrogen) atoms. The summed E-state index contributed by atoms with van der Waals surface area (Å²) in [5.74, 6) is 0.460. The number of halogens is 1. The van der Waals surface area contributed by atoms with Crippen molar-refractivity contribution in [3.63, 3.8) is 0 Å². The number of amides is 2. The van der Waals surface area contributed by atoms with Crippen LogP contribution in [0.25, 0.3) is 0 Å². The molecule has 0 atom stereocenters. The fourth-order valence-electron chi connectivity index (χ4n) is 2.13. The van der Waals surface area contributed by atoms with E-state index in [0.29, 0.717) is 10.8 Å². The number of hydrogen-bond acceptors (Lipinski definition) is 3. The Morgan fingerprint density at radius 1 is 1.04 bits per heavy atom. The first kappa shape index (κ1) is 16.9. The SMILES string of the molecule is O=C(CSc1cccc(NC(=O)C2CC2)c1)Nc1ccc(Cl)cc1. The van der Waals surface area contributed by atoms with Gasteiger partial charge in [0.15, 0.2) is 0 Å². The number of carbonyl (C=O) groups is 2. The molecule has 1 saturated carbocycles. The topological polar surface area (TPSA) is 58.2 Å². The fraction of sp³-hybridized carbons (Fsp3) is 0.222. The molecule has 0 radical (unpaired) electrons. The molecule has 1 aliphatic rings. The third-order valence-corrected chi connectivity index (χ3v) is 4.79. The molecule has 0 aromatic heterocycles. The van der Waals surface area contributed by atoms with Crippen LogP contribution in [0.15, 0.2) is 53.4 Å². The Bertz CT molecular complexity index is 745. The Hall–Kier alpha value is -1.98. The smallest absolute Gasteiger partial charge is 0.234 e. The van der Waals surface area contributed by atoms with Gasteiger partial charge in [-0.05, 0) is 55.3 Å². The molecule has 2 N–H and O–H groups in total. The number of nitrogens with one attached hydrogen (secondary N) is 2. The Balaban J connectivity index is 1.51. The average molecular weight is 361 g/mol. The highest BCUT2D eigenvalue weighted by molar-refractivity contribution is 8.00. The van der Waals surface area contributed by atoms with Crippen LogP contribution in [0.3, 0.4) is 0 Å². The average Bonchev–Trinajstić information content (AvgIpc) is 3.41. The van der Waals surface area contributed by atoms with E-state index < -0.39 is 0 Å². The molecule has 1 fully saturated rings. The van der Waals surface area contributed by atoms with Gasteiger partial charge in [0.1, 0.15) is 0 Å². The zero-order valence-electron chi connectivity index (χ0n) is 12.9. The molecular formula is C18H17ClN2O2S. The summed E-state index contributed by atoms with van der Waals surface area (Å²) in [5.41, 5.74) is 1.49. The van der Waals surface area contributed by atoms with Crippen LogP contribution in [-0.4, -0.2) is 17.6 Å². The molecule has 2 aromatic carbocycles. The Morgan fingerprint density at radius 2 is 1.79 bits per heavy atom. The maximum atomic E-state index is 12.0. The highest BCUT2D eigenvalue weighted by atomic mass is 35.5. The molecule has 0 unspecified atom stereocenters. The third kappa shape index (κ3) is 5.01. The molecule has 4 nitrogen and oxygen atoms in total. The van der Waals surface area contributed by atoms with Crippen molar-refractivity contribution in [2.45, 2.75) is 17.7 Å². The lowest BCUT2D eigenvalue weighted by Gasteiger charge is -2.08. The maximum absolute atomic E-state index is 12.0. The highest BCUT2D eigenvalue weighted by Gasteiger charge is 2.29. The molecule has 0 aliphatic heterocycles. The van der Waals surface area contributed by atoms with Crippen molar-refractivity contribution < 1.29 is 9.59 Å². The first-order chi connectivity index (χ1) is 11.6. The van der Waals surface area contributed by atoms with Crippen LogP contribution >= 0.6 is 23.4 Å². The first-order valence-electron chi connectivity index (χ1n) is 7.69. The summed E-state index contributed by atoms with van der Waals surface area (Å²) in [6.45, 7) is 0. The van der Waals surface area contributed by atoms with Gasteiger partial charge < -0.3 is 10.6 Å². The zero-order valence-corrected chi connectivity index (χ0v) is 14.5. The van der Waals surface area contributed by atoms with Crippen molar-refractivity contribution in [3.8, 4) is 0 Å². The van der Waals surface area contributed by atoms with Crippen LogP contribution in [0.1, 0.15) is 12.8 Å². The van der Waals surface area contributed by atoms with E-state index in [1.54, 1.807) is 24.3 Å². The maximum Gasteiger partial charge on any atom is 0.234 e. The molecule has 1 aliphatic carbocycles. The molecule has 2 aromatic rings. The van der Waals surface area contributed by atoms with E-state index in [0.717, 1.165) is 29.1 Å². The van der Waals surface area contributed by atoms with Gasteiger partial charge in [0.2, 0.25) is 11.8 Å². The van der Waals surface area contributed by atoms with Crippen LogP contribution in [0, 0.1) is 5.92 Å². The van der Waals surface area contributed by atoms with Crippen molar-refractivity contribution in [3.05, 3.63) is 53.6 Å². The van der Waals surface area contributed by atoms with Crippen LogP contribution in [-0.2, 0) is 9.59 Å². The summed E-state index contributed by atoms with van der Waals surface area (Å²) < 4.78 is 0. The molecule has 0 bridgehead atoms. The lowest BCUT2D eigenvalue weighted by molar-refractivity contribution is -0.117. The second-order valence-electron chi connectivity index (χ2n) is 5.64. The summed E-state index contributed by atoms with van der Waals surface area (Å²) in [6, 6.07) is 14.5. The minimum atomic E-state index is -0.0882. The number of carbonyl (C=O) groups excluding carboxylic acids is 2. The van der Waals surface area contributed by atoms with E-state index in [4.69, 9.17) is 11.6 Å².